The number of benzene rings is 2. The average Bonchev–Trinajstić information content (AvgIpc) is 3.47. The highest BCUT2D eigenvalue weighted by atomic mass is 16.5. The third kappa shape index (κ3) is 2.62. The molecule has 2 atom stereocenters. The lowest BCUT2D eigenvalue weighted by atomic mass is 9.76. The highest BCUT2D eigenvalue weighted by molar-refractivity contribution is 5.48. The summed E-state index contributed by atoms with van der Waals surface area (Å²) < 4.78 is 5.84. The zero-order valence-electron chi connectivity index (χ0n) is 17.2. The van der Waals surface area contributed by atoms with Crippen LogP contribution in [0.1, 0.15) is 82.0 Å². The van der Waals surface area contributed by atoms with Gasteiger partial charge in [-0.05, 0) is 126 Å². The molecule has 0 aromatic heterocycles. The van der Waals surface area contributed by atoms with Crippen LogP contribution in [0.5, 0.6) is 0 Å². The Morgan fingerprint density at radius 2 is 1.14 bits per heavy atom. The van der Waals surface area contributed by atoms with Gasteiger partial charge in [-0.2, -0.15) is 0 Å². The maximum atomic E-state index is 5.84. The van der Waals surface area contributed by atoms with Gasteiger partial charge in [-0.15, -0.1) is 0 Å². The fourth-order valence-corrected chi connectivity index (χ4v) is 7.04. The topological polar surface area (TPSA) is 9.23 Å². The quantitative estimate of drug-likeness (QED) is 0.670. The summed E-state index contributed by atoms with van der Waals surface area (Å²) in [4.78, 5) is 0. The molecule has 0 amide bonds. The van der Waals surface area contributed by atoms with Crippen LogP contribution < -0.4 is 0 Å². The molecule has 2 aromatic rings. The van der Waals surface area contributed by atoms with Crippen molar-refractivity contribution in [3.8, 4) is 0 Å². The highest BCUT2D eigenvalue weighted by Gasteiger charge is 2.39. The van der Waals surface area contributed by atoms with Gasteiger partial charge in [0.25, 0.3) is 0 Å². The molecule has 0 saturated carbocycles. The van der Waals surface area contributed by atoms with Crippen molar-refractivity contribution in [3.63, 3.8) is 0 Å². The molecule has 146 valence electrons. The third-order valence-electron chi connectivity index (χ3n) is 8.35. The standard InChI is InChI=1S/C27H32O/c1-28-16-27(23-10-8-21-12-17-4-2-6-19(17)14-25(21)23)24-11-9-22-13-18-5-3-7-20(18)15-26(22)24/h12-15,23-24,27H,2-11,16H2,1H3. The first-order valence-electron chi connectivity index (χ1n) is 11.6. The fraction of sp³-hybridized carbons (Fsp3) is 0.556. The van der Waals surface area contributed by atoms with Crippen molar-refractivity contribution in [2.75, 3.05) is 13.7 Å². The molecule has 0 fully saturated rings. The predicted molar refractivity (Wildman–Crippen MR) is 114 cm³/mol. The first-order chi connectivity index (χ1) is 13.8. The van der Waals surface area contributed by atoms with Gasteiger partial charge in [0.15, 0.2) is 0 Å². The SMILES string of the molecule is COCC(C1CCc2cc3c(cc21)CCC3)C1CCc2cc3c(cc21)CCC3. The van der Waals surface area contributed by atoms with Crippen LogP contribution in [-0.2, 0) is 43.3 Å². The molecule has 0 bridgehead atoms. The van der Waals surface area contributed by atoms with Gasteiger partial charge < -0.3 is 4.74 Å². The molecular formula is C27H32O. The van der Waals surface area contributed by atoms with Crippen LogP contribution in [0.4, 0.5) is 0 Å². The minimum Gasteiger partial charge on any atom is -0.384 e. The predicted octanol–water partition coefficient (Wildman–Crippen LogP) is 5.69. The Morgan fingerprint density at radius 1 is 0.679 bits per heavy atom. The zero-order valence-corrected chi connectivity index (χ0v) is 17.2. The zero-order chi connectivity index (χ0) is 18.7. The largest absolute Gasteiger partial charge is 0.384 e. The minimum atomic E-state index is 0.631. The normalized spacial score (nSPS) is 25.5. The van der Waals surface area contributed by atoms with Crippen molar-refractivity contribution in [2.24, 2.45) is 5.92 Å². The van der Waals surface area contributed by atoms with Gasteiger partial charge in [0.05, 0.1) is 6.61 Å². The number of ether oxygens (including phenoxy) is 1. The Morgan fingerprint density at radius 3 is 1.61 bits per heavy atom. The molecular weight excluding hydrogens is 340 g/mol. The summed E-state index contributed by atoms with van der Waals surface area (Å²) in [6.07, 6.45) is 13.1. The minimum absolute atomic E-state index is 0.631. The Balaban J connectivity index is 1.37. The molecule has 0 aliphatic heterocycles. The van der Waals surface area contributed by atoms with E-state index in [4.69, 9.17) is 4.74 Å². The first kappa shape index (κ1) is 17.3. The fourth-order valence-electron chi connectivity index (χ4n) is 7.04. The number of hydrogen-bond acceptors (Lipinski definition) is 1. The second-order valence-electron chi connectivity index (χ2n) is 9.76. The van der Waals surface area contributed by atoms with Crippen LogP contribution in [0.2, 0.25) is 0 Å². The molecule has 0 spiro atoms. The van der Waals surface area contributed by atoms with Gasteiger partial charge in [-0.3, -0.25) is 0 Å². The lowest BCUT2D eigenvalue weighted by molar-refractivity contribution is 0.122. The van der Waals surface area contributed by atoms with Crippen molar-refractivity contribution in [1.29, 1.82) is 0 Å². The van der Waals surface area contributed by atoms with E-state index in [0.29, 0.717) is 17.8 Å². The number of hydrogen-bond donors (Lipinski definition) is 0. The molecule has 2 aromatic carbocycles. The van der Waals surface area contributed by atoms with E-state index < -0.39 is 0 Å². The number of rotatable bonds is 4. The van der Waals surface area contributed by atoms with Crippen molar-refractivity contribution in [3.05, 3.63) is 68.8 Å². The van der Waals surface area contributed by atoms with Crippen LogP contribution in [-0.4, -0.2) is 13.7 Å². The molecule has 4 aliphatic rings. The monoisotopic (exact) mass is 372 g/mol. The molecule has 1 heteroatoms. The first-order valence-corrected chi connectivity index (χ1v) is 11.6. The van der Waals surface area contributed by atoms with Crippen LogP contribution in [0.25, 0.3) is 0 Å². The van der Waals surface area contributed by atoms with Crippen LogP contribution in [0.15, 0.2) is 24.3 Å². The van der Waals surface area contributed by atoms with E-state index in [0.717, 1.165) is 6.61 Å². The van der Waals surface area contributed by atoms with Crippen molar-refractivity contribution in [1.82, 2.24) is 0 Å². The maximum Gasteiger partial charge on any atom is 0.0502 e. The van der Waals surface area contributed by atoms with Crippen LogP contribution >= 0.6 is 0 Å². The Bertz CT molecular complexity index is 851. The summed E-state index contributed by atoms with van der Waals surface area (Å²) in [5.74, 6) is 2.00. The molecule has 6 rings (SSSR count). The highest BCUT2D eigenvalue weighted by Crippen LogP contribution is 2.50. The van der Waals surface area contributed by atoms with Gasteiger partial charge >= 0.3 is 0 Å². The van der Waals surface area contributed by atoms with Crippen molar-refractivity contribution >= 4 is 0 Å². The van der Waals surface area contributed by atoms with E-state index in [1.807, 2.05) is 7.11 Å². The molecule has 1 nitrogen and oxygen atoms in total. The molecule has 0 saturated heterocycles. The molecule has 2 unspecified atom stereocenters. The summed E-state index contributed by atoms with van der Waals surface area (Å²) in [6, 6.07) is 10.3. The summed E-state index contributed by atoms with van der Waals surface area (Å²) in [5.41, 5.74) is 13.2. The van der Waals surface area contributed by atoms with Crippen LogP contribution in [0.3, 0.4) is 0 Å². The van der Waals surface area contributed by atoms with E-state index in [-0.39, 0.29) is 0 Å². The van der Waals surface area contributed by atoms with E-state index in [2.05, 4.69) is 24.3 Å². The van der Waals surface area contributed by atoms with Gasteiger partial charge in [0, 0.05) is 7.11 Å². The lowest BCUT2D eigenvalue weighted by Gasteiger charge is -2.30. The summed E-state index contributed by atoms with van der Waals surface area (Å²) in [5, 5.41) is 0. The van der Waals surface area contributed by atoms with E-state index in [1.165, 1.54) is 64.2 Å². The molecule has 28 heavy (non-hydrogen) atoms. The van der Waals surface area contributed by atoms with Gasteiger partial charge in [-0.25, -0.2) is 0 Å². The van der Waals surface area contributed by atoms with Gasteiger partial charge in [0.2, 0.25) is 0 Å². The molecule has 0 radical (unpaired) electrons. The van der Waals surface area contributed by atoms with Crippen LogP contribution in [0, 0.1) is 5.92 Å². The second-order valence-corrected chi connectivity index (χ2v) is 9.76. The maximum absolute atomic E-state index is 5.84. The average molecular weight is 373 g/mol. The van der Waals surface area contributed by atoms with E-state index in [1.54, 1.807) is 44.5 Å². The molecule has 0 N–H and O–H groups in total. The summed E-state index contributed by atoms with van der Waals surface area (Å²) >= 11 is 0. The van der Waals surface area contributed by atoms with Gasteiger partial charge in [-0.1, -0.05) is 24.3 Å². The Kier molecular flexibility index (Phi) is 4.15. The number of fused-ring (bicyclic) bond motifs is 4. The second kappa shape index (κ2) is 6.73. The Labute approximate surface area is 169 Å². The third-order valence-corrected chi connectivity index (χ3v) is 8.35. The number of aryl methyl sites for hydroxylation is 6. The van der Waals surface area contributed by atoms with E-state index in [9.17, 15) is 0 Å². The molecule has 0 heterocycles. The number of methoxy groups -OCH3 is 1. The van der Waals surface area contributed by atoms with E-state index >= 15 is 0 Å². The lowest BCUT2D eigenvalue weighted by Crippen LogP contribution is -2.23. The smallest absolute Gasteiger partial charge is 0.0502 e. The Hall–Kier alpha value is -1.60. The van der Waals surface area contributed by atoms with Gasteiger partial charge in [0.1, 0.15) is 0 Å². The summed E-state index contributed by atoms with van der Waals surface area (Å²) in [7, 11) is 1.91. The van der Waals surface area contributed by atoms with Crippen molar-refractivity contribution in [2.45, 2.75) is 76.0 Å². The van der Waals surface area contributed by atoms with Crippen molar-refractivity contribution < 1.29 is 4.74 Å². The summed E-state index contributed by atoms with van der Waals surface area (Å²) in [6.45, 7) is 0.905. The molecule has 4 aliphatic carbocycles.